The molecule has 4 rings (SSSR count). The summed E-state index contributed by atoms with van der Waals surface area (Å²) in [6, 6.07) is 16.6. The molecule has 0 saturated carbocycles. The molecule has 9 heteroatoms. The fraction of sp³-hybridized carbons (Fsp3) is 0.0500. The second-order valence-corrected chi connectivity index (χ2v) is 7.32. The number of nitro groups is 1. The standard InChI is InChI=1S/C20H16N6O2S/c1-12-4-9-15-17(11-12)29-19(24-15)13-5-7-14(8-6-13)23-20(21)25-18-16(26(27)28)3-2-10-22-18/h2-11H,1H3,(H3,21,22,23,25). The molecule has 0 bridgehead atoms. The second kappa shape index (κ2) is 7.64. The Hall–Kier alpha value is -3.85. The van der Waals surface area contributed by atoms with Crippen molar-refractivity contribution in [2.75, 3.05) is 5.32 Å². The number of hydrogen-bond donors (Lipinski definition) is 2. The van der Waals surface area contributed by atoms with Crippen molar-refractivity contribution in [1.82, 2.24) is 9.97 Å². The Labute approximate surface area is 169 Å². The van der Waals surface area contributed by atoms with Crippen molar-refractivity contribution >= 4 is 44.7 Å². The molecule has 0 atom stereocenters. The van der Waals surface area contributed by atoms with Gasteiger partial charge in [0.05, 0.1) is 15.1 Å². The number of thiazole rings is 1. The lowest BCUT2D eigenvalue weighted by molar-refractivity contribution is -0.384. The van der Waals surface area contributed by atoms with Gasteiger partial charge in [0.2, 0.25) is 5.82 Å². The highest BCUT2D eigenvalue weighted by Crippen LogP contribution is 2.31. The van der Waals surface area contributed by atoms with Crippen LogP contribution in [0.3, 0.4) is 0 Å². The van der Waals surface area contributed by atoms with Gasteiger partial charge in [0, 0.05) is 23.5 Å². The van der Waals surface area contributed by atoms with E-state index in [1.165, 1.54) is 23.9 Å². The molecule has 0 fully saturated rings. The van der Waals surface area contributed by atoms with E-state index in [0.717, 1.165) is 20.8 Å². The Morgan fingerprint density at radius 1 is 1.21 bits per heavy atom. The highest BCUT2D eigenvalue weighted by Gasteiger charge is 2.14. The summed E-state index contributed by atoms with van der Waals surface area (Å²) in [5.41, 5.74) is 9.55. The number of aromatic nitrogens is 2. The van der Waals surface area contributed by atoms with E-state index in [9.17, 15) is 10.1 Å². The van der Waals surface area contributed by atoms with Crippen molar-refractivity contribution in [3.8, 4) is 10.6 Å². The molecule has 0 aliphatic rings. The first-order valence-electron chi connectivity index (χ1n) is 8.68. The maximum atomic E-state index is 11.0. The van der Waals surface area contributed by atoms with Gasteiger partial charge in [-0.25, -0.2) is 9.97 Å². The van der Waals surface area contributed by atoms with E-state index in [0.29, 0.717) is 5.69 Å². The molecule has 0 spiro atoms. The second-order valence-electron chi connectivity index (χ2n) is 6.29. The number of hydrogen-bond acceptors (Lipinski definition) is 6. The Bertz CT molecular complexity index is 1230. The maximum Gasteiger partial charge on any atom is 0.313 e. The summed E-state index contributed by atoms with van der Waals surface area (Å²) in [5.74, 6) is -0.0427. The molecule has 0 amide bonds. The van der Waals surface area contributed by atoms with Gasteiger partial charge in [-0.2, -0.15) is 4.99 Å². The van der Waals surface area contributed by atoms with Crippen molar-refractivity contribution in [1.29, 1.82) is 0 Å². The minimum absolute atomic E-state index is 0.00927. The van der Waals surface area contributed by atoms with Crippen LogP contribution in [0.5, 0.6) is 0 Å². The van der Waals surface area contributed by atoms with Gasteiger partial charge in [0.15, 0.2) is 5.96 Å². The molecule has 0 aliphatic carbocycles. The SMILES string of the molecule is Cc1ccc2nc(-c3ccc(NC(N)=Nc4ncccc4[N+](=O)[O-])cc3)sc2c1. The van der Waals surface area contributed by atoms with Gasteiger partial charge in [-0.3, -0.25) is 10.1 Å². The van der Waals surface area contributed by atoms with Crippen LogP contribution < -0.4 is 11.1 Å². The Balaban J connectivity index is 1.54. The van der Waals surface area contributed by atoms with Crippen molar-refractivity contribution in [3.63, 3.8) is 0 Å². The minimum atomic E-state index is -0.548. The smallest absolute Gasteiger partial charge is 0.313 e. The topological polar surface area (TPSA) is 119 Å². The minimum Gasteiger partial charge on any atom is -0.369 e. The molecule has 0 saturated heterocycles. The summed E-state index contributed by atoms with van der Waals surface area (Å²) in [4.78, 5) is 23.1. The Kier molecular flexibility index (Phi) is 4.88. The molecule has 29 heavy (non-hydrogen) atoms. The number of pyridine rings is 1. The summed E-state index contributed by atoms with van der Waals surface area (Å²) in [6.07, 6.45) is 1.42. The van der Waals surface area contributed by atoms with E-state index < -0.39 is 4.92 Å². The Morgan fingerprint density at radius 2 is 2.00 bits per heavy atom. The zero-order chi connectivity index (χ0) is 20.4. The largest absolute Gasteiger partial charge is 0.369 e. The van der Waals surface area contributed by atoms with Gasteiger partial charge in [0.25, 0.3) is 0 Å². The van der Waals surface area contributed by atoms with Gasteiger partial charge >= 0.3 is 5.69 Å². The number of rotatable bonds is 4. The fourth-order valence-corrected chi connectivity index (χ4v) is 3.83. The third-order valence-corrected chi connectivity index (χ3v) is 5.20. The number of fused-ring (bicyclic) bond motifs is 1. The van der Waals surface area contributed by atoms with E-state index >= 15 is 0 Å². The molecule has 4 aromatic rings. The predicted octanol–water partition coefficient (Wildman–Crippen LogP) is 4.63. The summed E-state index contributed by atoms with van der Waals surface area (Å²) in [7, 11) is 0. The van der Waals surface area contributed by atoms with E-state index in [1.54, 1.807) is 11.3 Å². The average molecular weight is 404 g/mol. The van der Waals surface area contributed by atoms with Crippen LogP contribution >= 0.6 is 11.3 Å². The van der Waals surface area contributed by atoms with Crippen LogP contribution in [0.4, 0.5) is 17.2 Å². The third kappa shape index (κ3) is 4.04. The lowest BCUT2D eigenvalue weighted by Crippen LogP contribution is -2.22. The first-order valence-corrected chi connectivity index (χ1v) is 9.49. The molecule has 2 heterocycles. The molecule has 0 aliphatic heterocycles. The van der Waals surface area contributed by atoms with E-state index in [4.69, 9.17) is 5.73 Å². The number of nitrogens with one attached hydrogen (secondary N) is 1. The van der Waals surface area contributed by atoms with Crippen molar-refractivity contribution < 1.29 is 4.92 Å². The molecule has 144 valence electrons. The monoisotopic (exact) mass is 404 g/mol. The van der Waals surface area contributed by atoms with Crippen molar-refractivity contribution in [2.45, 2.75) is 6.92 Å². The highest BCUT2D eigenvalue weighted by atomic mass is 32.1. The van der Waals surface area contributed by atoms with Crippen LogP contribution in [0.15, 0.2) is 65.8 Å². The molecular formula is C20H16N6O2S. The van der Waals surface area contributed by atoms with Crippen LogP contribution in [0.2, 0.25) is 0 Å². The summed E-state index contributed by atoms with van der Waals surface area (Å²) in [5, 5.41) is 14.9. The number of anilines is 1. The number of guanidine groups is 1. The van der Waals surface area contributed by atoms with E-state index in [2.05, 4.69) is 33.3 Å². The van der Waals surface area contributed by atoms with Crippen molar-refractivity contribution in [2.24, 2.45) is 10.7 Å². The highest BCUT2D eigenvalue weighted by molar-refractivity contribution is 7.21. The Morgan fingerprint density at radius 3 is 2.76 bits per heavy atom. The first-order chi connectivity index (χ1) is 14.0. The molecular weight excluding hydrogens is 388 g/mol. The van der Waals surface area contributed by atoms with Crippen molar-refractivity contribution in [3.05, 3.63) is 76.5 Å². The molecule has 0 unspecified atom stereocenters. The van der Waals surface area contributed by atoms with E-state index in [1.807, 2.05) is 36.4 Å². The maximum absolute atomic E-state index is 11.0. The number of benzene rings is 2. The lowest BCUT2D eigenvalue weighted by Gasteiger charge is -2.06. The number of aliphatic imine (C=N–C) groups is 1. The molecule has 2 aromatic carbocycles. The van der Waals surface area contributed by atoms with Crippen LogP contribution in [-0.4, -0.2) is 20.9 Å². The van der Waals surface area contributed by atoms with Crippen LogP contribution in [-0.2, 0) is 0 Å². The zero-order valence-corrected chi connectivity index (χ0v) is 16.2. The van der Waals surface area contributed by atoms with Gasteiger partial charge in [-0.15, -0.1) is 11.3 Å². The summed E-state index contributed by atoms with van der Waals surface area (Å²) in [6.45, 7) is 2.06. The summed E-state index contributed by atoms with van der Waals surface area (Å²) < 4.78 is 1.15. The fourth-order valence-electron chi connectivity index (χ4n) is 2.76. The third-order valence-electron chi connectivity index (χ3n) is 4.14. The number of nitrogens with zero attached hydrogens (tertiary/aromatic N) is 4. The van der Waals surface area contributed by atoms with Gasteiger partial charge in [-0.05, 0) is 55.0 Å². The quantitative estimate of drug-likeness (QED) is 0.221. The lowest BCUT2D eigenvalue weighted by atomic mass is 10.2. The van der Waals surface area contributed by atoms with Gasteiger partial charge in [0.1, 0.15) is 5.01 Å². The average Bonchev–Trinajstić information content (AvgIpc) is 3.12. The van der Waals surface area contributed by atoms with Crippen LogP contribution in [0, 0.1) is 17.0 Å². The molecule has 8 nitrogen and oxygen atoms in total. The molecule has 3 N–H and O–H groups in total. The first kappa shape index (κ1) is 18.5. The summed E-state index contributed by atoms with van der Waals surface area (Å²) >= 11 is 1.64. The van der Waals surface area contributed by atoms with Gasteiger partial charge < -0.3 is 11.1 Å². The number of nitrogens with two attached hydrogens (primary N) is 1. The predicted molar refractivity (Wildman–Crippen MR) is 116 cm³/mol. The zero-order valence-electron chi connectivity index (χ0n) is 15.4. The van der Waals surface area contributed by atoms with Crippen LogP contribution in [0.25, 0.3) is 20.8 Å². The van der Waals surface area contributed by atoms with Gasteiger partial charge in [-0.1, -0.05) is 6.07 Å². The normalized spacial score (nSPS) is 11.6. The van der Waals surface area contributed by atoms with Crippen LogP contribution in [0.1, 0.15) is 5.56 Å². The number of aryl methyl sites for hydroxylation is 1. The van der Waals surface area contributed by atoms with E-state index in [-0.39, 0.29) is 17.5 Å². The molecule has 2 aromatic heterocycles. The molecule has 0 radical (unpaired) electrons.